The number of carbonyl (C=O) groups excluding carboxylic acids is 1. The summed E-state index contributed by atoms with van der Waals surface area (Å²) in [6.45, 7) is 0.223. The minimum atomic E-state index is -0.207. The van der Waals surface area contributed by atoms with Gasteiger partial charge in [0.05, 0.1) is 11.0 Å². The van der Waals surface area contributed by atoms with Crippen molar-refractivity contribution in [2.45, 2.75) is 0 Å². The Morgan fingerprint density at radius 3 is 2.94 bits per heavy atom. The maximum Gasteiger partial charge on any atom is 0.269 e. The van der Waals surface area contributed by atoms with Gasteiger partial charge in [-0.15, -0.1) is 6.42 Å². The van der Waals surface area contributed by atoms with Gasteiger partial charge in [0.25, 0.3) is 5.91 Å². The number of H-pyrrole nitrogens is 1. The second-order valence-electron chi connectivity index (χ2n) is 3.25. The molecule has 80 valence electrons. The highest BCUT2D eigenvalue weighted by Gasteiger charge is 2.14. The predicted molar refractivity (Wildman–Crippen MR) is 67.2 cm³/mol. The molecule has 3 nitrogen and oxygen atoms in total. The topological polar surface area (TPSA) is 44.9 Å². The average Bonchev–Trinajstić information content (AvgIpc) is 2.64. The van der Waals surface area contributed by atoms with E-state index in [-0.39, 0.29) is 12.5 Å². The summed E-state index contributed by atoms with van der Waals surface area (Å²) in [7, 11) is 0. The molecule has 0 aliphatic carbocycles. The summed E-state index contributed by atoms with van der Waals surface area (Å²) in [6.07, 6.45) is 5.08. The summed E-state index contributed by atoms with van der Waals surface area (Å²) in [6, 6.07) is 7.68. The van der Waals surface area contributed by atoms with E-state index in [4.69, 9.17) is 6.42 Å². The fourth-order valence-electron chi connectivity index (χ4n) is 1.48. The van der Waals surface area contributed by atoms with Crippen LogP contribution in [0.3, 0.4) is 0 Å². The van der Waals surface area contributed by atoms with Crippen LogP contribution >= 0.6 is 15.9 Å². The molecule has 0 atom stereocenters. The van der Waals surface area contributed by atoms with Crippen molar-refractivity contribution in [1.82, 2.24) is 10.3 Å². The maximum absolute atomic E-state index is 11.7. The van der Waals surface area contributed by atoms with Gasteiger partial charge in [-0.05, 0) is 22.0 Å². The van der Waals surface area contributed by atoms with Crippen LogP contribution in [0.2, 0.25) is 0 Å². The molecule has 0 aliphatic rings. The van der Waals surface area contributed by atoms with E-state index >= 15 is 0 Å². The SMILES string of the molecule is C#CCNC(=O)c1[nH]c2ccccc2c1Br. The Kier molecular flexibility index (Phi) is 2.97. The number of hydrogen-bond acceptors (Lipinski definition) is 1. The van der Waals surface area contributed by atoms with E-state index in [1.807, 2.05) is 24.3 Å². The fourth-order valence-corrected chi connectivity index (χ4v) is 2.11. The average molecular weight is 277 g/mol. The van der Waals surface area contributed by atoms with Crippen molar-refractivity contribution >= 4 is 32.7 Å². The number of terminal acetylenes is 1. The van der Waals surface area contributed by atoms with E-state index in [9.17, 15) is 4.79 Å². The third-order valence-corrected chi connectivity index (χ3v) is 3.04. The fraction of sp³-hybridized carbons (Fsp3) is 0.0833. The van der Waals surface area contributed by atoms with Crippen LogP contribution in [0.5, 0.6) is 0 Å². The summed E-state index contributed by atoms with van der Waals surface area (Å²) in [5.74, 6) is 2.15. The number of aromatic nitrogens is 1. The first-order chi connectivity index (χ1) is 7.74. The van der Waals surface area contributed by atoms with E-state index in [1.165, 1.54) is 0 Å². The highest BCUT2D eigenvalue weighted by molar-refractivity contribution is 9.10. The van der Waals surface area contributed by atoms with Crippen molar-refractivity contribution in [3.8, 4) is 12.3 Å². The third-order valence-electron chi connectivity index (χ3n) is 2.22. The lowest BCUT2D eigenvalue weighted by atomic mass is 10.2. The Morgan fingerprint density at radius 2 is 2.25 bits per heavy atom. The van der Waals surface area contributed by atoms with Crippen molar-refractivity contribution in [1.29, 1.82) is 0 Å². The number of amides is 1. The van der Waals surface area contributed by atoms with Crippen molar-refractivity contribution < 1.29 is 4.79 Å². The monoisotopic (exact) mass is 276 g/mol. The number of nitrogens with one attached hydrogen (secondary N) is 2. The van der Waals surface area contributed by atoms with Gasteiger partial charge >= 0.3 is 0 Å². The van der Waals surface area contributed by atoms with Crippen LogP contribution < -0.4 is 5.32 Å². The van der Waals surface area contributed by atoms with Gasteiger partial charge in [0.1, 0.15) is 5.69 Å². The molecule has 0 unspecified atom stereocenters. The second kappa shape index (κ2) is 4.42. The first kappa shape index (κ1) is 10.8. The number of fused-ring (bicyclic) bond motifs is 1. The Hall–Kier alpha value is -1.73. The van der Waals surface area contributed by atoms with Crippen molar-refractivity contribution in [3.05, 3.63) is 34.4 Å². The molecule has 0 aliphatic heterocycles. The number of para-hydroxylation sites is 1. The van der Waals surface area contributed by atoms with Gasteiger partial charge in [-0.2, -0.15) is 0 Å². The second-order valence-corrected chi connectivity index (χ2v) is 4.04. The number of hydrogen-bond donors (Lipinski definition) is 2. The van der Waals surface area contributed by atoms with Crippen LogP contribution in [0.15, 0.2) is 28.7 Å². The van der Waals surface area contributed by atoms with Crippen LogP contribution in [0, 0.1) is 12.3 Å². The van der Waals surface area contributed by atoms with Gasteiger partial charge in [0.2, 0.25) is 0 Å². The summed E-state index contributed by atoms with van der Waals surface area (Å²) in [5.41, 5.74) is 1.41. The Labute approximate surface area is 101 Å². The molecule has 2 rings (SSSR count). The Bertz CT molecular complexity index is 580. The molecule has 4 heteroatoms. The zero-order valence-electron chi connectivity index (χ0n) is 8.38. The molecule has 0 fully saturated rings. The lowest BCUT2D eigenvalue weighted by Crippen LogP contribution is -2.24. The molecule has 2 N–H and O–H groups in total. The quantitative estimate of drug-likeness (QED) is 0.813. The van der Waals surface area contributed by atoms with Gasteiger partial charge in [-0.1, -0.05) is 24.1 Å². The molecular weight excluding hydrogens is 268 g/mol. The Balaban J connectivity index is 2.42. The third kappa shape index (κ3) is 1.82. The largest absolute Gasteiger partial charge is 0.350 e. The van der Waals surface area contributed by atoms with Gasteiger partial charge in [-0.3, -0.25) is 4.79 Å². The zero-order chi connectivity index (χ0) is 11.5. The minimum Gasteiger partial charge on any atom is -0.350 e. The lowest BCUT2D eigenvalue weighted by molar-refractivity contribution is 0.0954. The van der Waals surface area contributed by atoms with Crippen LogP contribution in [0.1, 0.15) is 10.5 Å². The molecule has 1 aromatic heterocycles. The molecule has 0 bridgehead atoms. The van der Waals surface area contributed by atoms with Crippen molar-refractivity contribution in [2.24, 2.45) is 0 Å². The molecule has 0 saturated heterocycles. The summed E-state index contributed by atoms with van der Waals surface area (Å²) in [4.78, 5) is 14.8. The molecule has 1 aromatic carbocycles. The number of rotatable bonds is 2. The summed E-state index contributed by atoms with van der Waals surface area (Å²) < 4.78 is 0.762. The molecule has 1 heterocycles. The van der Waals surface area contributed by atoms with Gasteiger partial charge in [-0.25, -0.2) is 0 Å². The zero-order valence-corrected chi connectivity index (χ0v) is 9.97. The van der Waals surface area contributed by atoms with E-state index < -0.39 is 0 Å². The van der Waals surface area contributed by atoms with E-state index in [0.717, 1.165) is 15.4 Å². The van der Waals surface area contributed by atoms with E-state index in [2.05, 4.69) is 32.2 Å². The summed E-state index contributed by atoms with van der Waals surface area (Å²) >= 11 is 3.40. The lowest BCUT2D eigenvalue weighted by Gasteiger charge is -1.98. The van der Waals surface area contributed by atoms with E-state index in [0.29, 0.717) is 5.69 Å². The standard InChI is InChI=1S/C12H9BrN2O/c1-2-7-14-12(16)11-10(13)8-5-3-4-6-9(8)15-11/h1,3-6,15H,7H2,(H,14,16). The number of aromatic amines is 1. The summed E-state index contributed by atoms with van der Waals surface area (Å²) in [5, 5.41) is 3.59. The molecule has 0 spiro atoms. The number of halogens is 1. The normalized spacial score (nSPS) is 10.0. The minimum absolute atomic E-state index is 0.207. The van der Waals surface area contributed by atoms with Crippen LogP contribution in [-0.2, 0) is 0 Å². The van der Waals surface area contributed by atoms with E-state index in [1.54, 1.807) is 0 Å². The first-order valence-electron chi connectivity index (χ1n) is 4.72. The highest BCUT2D eigenvalue weighted by atomic mass is 79.9. The van der Waals surface area contributed by atoms with Crippen LogP contribution in [-0.4, -0.2) is 17.4 Å². The molecule has 0 radical (unpaired) electrons. The highest BCUT2D eigenvalue weighted by Crippen LogP contribution is 2.27. The molecule has 0 saturated carbocycles. The molecule has 1 amide bonds. The van der Waals surface area contributed by atoms with Gasteiger partial charge in [0, 0.05) is 10.9 Å². The molecule has 2 aromatic rings. The van der Waals surface area contributed by atoms with Crippen molar-refractivity contribution in [2.75, 3.05) is 6.54 Å². The number of carbonyl (C=O) groups is 1. The molecular formula is C12H9BrN2O. The smallest absolute Gasteiger partial charge is 0.269 e. The Morgan fingerprint density at radius 1 is 1.50 bits per heavy atom. The predicted octanol–water partition coefficient (Wildman–Crippen LogP) is 2.29. The van der Waals surface area contributed by atoms with Gasteiger partial charge in [0.15, 0.2) is 0 Å². The van der Waals surface area contributed by atoms with Gasteiger partial charge < -0.3 is 10.3 Å². The van der Waals surface area contributed by atoms with Crippen LogP contribution in [0.4, 0.5) is 0 Å². The van der Waals surface area contributed by atoms with Crippen molar-refractivity contribution in [3.63, 3.8) is 0 Å². The molecule has 16 heavy (non-hydrogen) atoms. The van der Waals surface area contributed by atoms with Crippen LogP contribution in [0.25, 0.3) is 10.9 Å². The maximum atomic E-state index is 11.7. The number of benzene rings is 1. The first-order valence-corrected chi connectivity index (χ1v) is 5.51.